The first-order valence-corrected chi connectivity index (χ1v) is 5.65. The van der Waals surface area contributed by atoms with E-state index < -0.39 is 0 Å². The van der Waals surface area contributed by atoms with Crippen molar-refractivity contribution in [2.24, 2.45) is 0 Å². The van der Waals surface area contributed by atoms with Crippen molar-refractivity contribution in [3.63, 3.8) is 0 Å². The predicted octanol–water partition coefficient (Wildman–Crippen LogP) is 3.29. The Morgan fingerprint density at radius 2 is 2.13 bits per heavy atom. The lowest BCUT2D eigenvalue weighted by molar-refractivity contribution is 0.311. The largest absolute Gasteiger partial charge is 0.490 e. The maximum absolute atomic E-state index is 6.39. The van der Waals surface area contributed by atoms with Crippen molar-refractivity contribution < 1.29 is 4.74 Å². The van der Waals surface area contributed by atoms with Crippen molar-refractivity contribution >= 4 is 17.3 Å². The van der Waals surface area contributed by atoms with Crippen LogP contribution in [0.25, 0.3) is 0 Å². The van der Waals surface area contributed by atoms with Crippen molar-refractivity contribution in [3.8, 4) is 5.75 Å². The molecule has 82 valence electrons. The zero-order valence-corrected chi connectivity index (χ0v) is 10.1. The van der Waals surface area contributed by atoms with E-state index in [1.54, 1.807) is 0 Å². The maximum Gasteiger partial charge on any atom is 0.144 e. The molecule has 2 rings (SSSR count). The van der Waals surface area contributed by atoms with Gasteiger partial charge in [-0.05, 0) is 17.5 Å². The molecule has 2 nitrogen and oxygen atoms in total. The molecule has 1 aromatic rings. The molecule has 0 amide bonds. The topological polar surface area (TPSA) is 12.5 Å². The SMILES string of the molecule is CC(C)c1ccc2c(c1Cl)N(C)CCO2. The van der Waals surface area contributed by atoms with Crippen molar-refractivity contribution in [1.29, 1.82) is 0 Å². The quantitative estimate of drug-likeness (QED) is 0.727. The van der Waals surface area contributed by atoms with Gasteiger partial charge < -0.3 is 9.64 Å². The van der Waals surface area contributed by atoms with Crippen LogP contribution < -0.4 is 9.64 Å². The molecule has 0 fully saturated rings. The Morgan fingerprint density at radius 3 is 2.80 bits per heavy atom. The van der Waals surface area contributed by atoms with Gasteiger partial charge in [0.25, 0.3) is 0 Å². The smallest absolute Gasteiger partial charge is 0.144 e. The molecule has 0 unspecified atom stereocenters. The van der Waals surface area contributed by atoms with Crippen molar-refractivity contribution in [1.82, 2.24) is 0 Å². The molecule has 0 saturated heterocycles. The number of ether oxygens (including phenoxy) is 1. The highest BCUT2D eigenvalue weighted by atomic mass is 35.5. The standard InChI is InChI=1S/C12H16ClNO/c1-8(2)9-4-5-10-12(11(9)13)14(3)6-7-15-10/h4-5,8H,6-7H2,1-3H3. The van der Waals surface area contributed by atoms with Crippen LogP contribution in [0.4, 0.5) is 5.69 Å². The van der Waals surface area contributed by atoms with E-state index in [0.29, 0.717) is 5.92 Å². The number of likely N-dealkylation sites (N-methyl/N-ethyl adjacent to an activating group) is 1. The summed E-state index contributed by atoms with van der Waals surface area (Å²) in [7, 11) is 2.05. The minimum Gasteiger partial charge on any atom is -0.490 e. The summed E-state index contributed by atoms with van der Waals surface area (Å²) >= 11 is 6.39. The number of halogens is 1. The second-order valence-electron chi connectivity index (χ2n) is 4.24. The van der Waals surface area contributed by atoms with Gasteiger partial charge in [-0.3, -0.25) is 0 Å². The van der Waals surface area contributed by atoms with Crippen molar-refractivity contribution in [3.05, 3.63) is 22.7 Å². The van der Waals surface area contributed by atoms with E-state index in [0.717, 1.165) is 29.6 Å². The minimum absolute atomic E-state index is 0.443. The summed E-state index contributed by atoms with van der Waals surface area (Å²) in [4.78, 5) is 2.16. The van der Waals surface area contributed by atoms with Crippen LogP contribution in [0, 0.1) is 0 Å². The van der Waals surface area contributed by atoms with E-state index in [9.17, 15) is 0 Å². The molecule has 1 aliphatic heterocycles. The fourth-order valence-corrected chi connectivity index (χ4v) is 2.40. The first-order valence-electron chi connectivity index (χ1n) is 5.27. The first kappa shape index (κ1) is 10.6. The van der Waals surface area contributed by atoms with Gasteiger partial charge >= 0.3 is 0 Å². The van der Waals surface area contributed by atoms with E-state index in [4.69, 9.17) is 16.3 Å². The Hall–Kier alpha value is -0.890. The highest BCUT2D eigenvalue weighted by Gasteiger charge is 2.21. The third-order valence-electron chi connectivity index (χ3n) is 2.80. The van der Waals surface area contributed by atoms with Crippen LogP contribution in [0.5, 0.6) is 5.75 Å². The van der Waals surface area contributed by atoms with Crippen LogP contribution in [0.2, 0.25) is 5.02 Å². The van der Waals surface area contributed by atoms with Crippen LogP contribution in [0.3, 0.4) is 0 Å². The summed E-state index contributed by atoms with van der Waals surface area (Å²) in [6.07, 6.45) is 0. The molecule has 0 bridgehead atoms. The average Bonchev–Trinajstić information content (AvgIpc) is 2.17. The fraction of sp³-hybridized carbons (Fsp3) is 0.500. The van der Waals surface area contributed by atoms with E-state index in [2.05, 4.69) is 31.9 Å². The lowest BCUT2D eigenvalue weighted by Crippen LogP contribution is -2.29. The summed E-state index contributed by atoms with van der Waals surface area (Å²) in [5, 5.41) is 0.838. The van der Waals surface area contributed by atoms with E-state index in [1.807, 2.05) is 6.07 Å². The number of benzene rings is 1. The number of rotatable bonds is 1. The Morgan fingerprint density at radius 1 is 1.40 bits per heavy atom. The molecule has 0 atom stereocenters. The Bertz CT molecular complexity index is 376. The average molecular weight is 226 g/mol. The van der Waals surface area contributed by atoms with Crippen molar-refractivity contribution in [2.75, 3.05) is 25.1 Å². The molecule has 0 aliphatic carbocycles. The van der Waals surface area contributed by atoms with Gasteiger partial charge in [-0.15, -0.1) is 0 Å². The molecule has 1 aromatic carbocycles. The monoisotopic (exact) mass is 225 g/mol. The second-order valence-corrected chi connectivity index (χ2v) is 4.62. The van der Waals surface area contributed by atoms with Gasteiger partial charge in [0.2, 0.25) is 0 Å². The molecule has 1 heterocycles. The normalized spacial score (nSPS) is 15.1. The van der Waals surface area contributed by atoms with Gasteiger partial charge in [0.1, 0.15) is 12.4 Å². The molecule has 0 saturated carbocycles. The molecule has 0 N–H and O–H groups in total. The molecule has 3 heteroatoms. The third kappa shape index (κ3) is 1.78. The molecule has 15 heavy (non-hydrogen) atoms. The molecule has 0 spiro atoms. The van der Waals surface area contributed by atoms with Crippen LogP contribution in [0.15, 0.2) is 12.1 Å². The van der Waals surface area contributed by atoms with Gasteiger partial charge in [-0.25, -0.2) is 0 Å². The molecular formula is C12H16ClNO. The summed E-state index contributed by atoms with van der Waals surface area (Å²) in [5.41, 5.74) is 2.22. The highest BCUT2D eigenvalue weighted by Crippen LogP contribution is 2.41. The van der Waals surface area contributed by atoms with Gasteiger partial charge in [0, 0.05) is 7.05 Å². The zero-order valence-electron chi connectivity index (χ0n) is 9.38. The zero-order chi connectivity index (χ0) is 11.0. The van der Waals surface area contributed by atoms with E-state index >= 15 is 0 Å². The number of hydrogen-bond acceptors (Lipinski definition) is 2. The number of nitrogens with zero attached hydrogens (tertiary/aromatic N) is 1. The highest BCUT2D eigenvalue weighted by molar-refractivity contribution is 6.34. The minimum atomic E-state index is 0.443. The van der Waals surface area contributed by atoms with Gasteiger partial charge in [-0.2, -0.15) is 0 Å². The maximum atomic E-state index is 6.39. The van der Waals surface area contributed by atoms with Crippen LogP contribution in [-0.2, 0) is 0 Å². The molecular weight excluding hydrogens is 210 g/mol. The summed E-state index contributed by atoms with van der Waals surface area (Å²) in [6, 6.07) is 4.08. The third-order valence-corrected chi connectivity index (χ3v) is 3.19. The number of fused-ring (bicyclic) bond motifs is 1. The van der Waals surface area contributed by atoms with Crippen molar-refractivity contribution in [2.45, 2.75) is 19.8 Å². The Labute approximate surface area is 95.8 Å². The number of anilines is 1. The van der Waals surface area contributed by atoms with Crippen LogP contribution in [-0.4, -0.2) is 20.2 Å². The van der Waals surface area contributed by atoms with Crippen LogP contribution >= 0.6 is 11.6 Å². The van der Waals surface area contributed by atoms with Gasteiger partial charge in [0.05, 0.1) is 17.3 Å². The Kier molecular flexibility index (Phi) is 2.79. The van der Waals surface area contributed by atoms with E-state index in [-0.39, 0.29) is 0 Å². The second kappa shape index (κ2) is 3.93. The van der Waals surface area contributed by atoms with E-state index in [1.165, 1.54) is 5.56 Å². The summed E-state index contributed by atoms with van der Waals surface area (Å²) in [5.74, 6) is 1.34. The molecule has 0 radical (unpaired) electrons. The predicted molar refractivity (Wildman–Crippen MR) is 64.3 cm³/mol. The Balaban J connectivity index is 2.54. The lowest BCUT2D eigenvalue weighted by atomic mass is 10.0. The fourth-order valence-electron chi connectivity index (χ4n) is 1.88. The van der Waals surface area contributed by atoms with Gasteiger partial charge in [0.15, 0.2) is 0 Å². The van der Waals surface area contributed by atoms with Gasteiger partial charge in [-0.1, -0.05) is 31.5 Å². The summed E-state index contributed by atoms with van der Waals surface area (Å²) < 4.78 is 5.58. The molecule has 1 aliphatic rings. The summed E-state index contributed by atoms with van der Waals surface area (Å²) in [6.45, 7) is 5.93. The van der Waals surface area contributed by atoms with Crippen LogP contribution in [0.1, 0.15) is 25.3 Å². The lowest BCUT2D eigenvalue weighted by Gasteiger charge is -2.29. The number of hydrogen-bond donors (Lipinski definition) is 0. The molecule has 0 aromatic heterocycles. The first-order chi connectivity index (χ1) is 7.11.